The minimum absolute atomic E-state index is 0.904. The molecule has 6 aromatic carbocycles. The fraction of sp³-hybridized carbons (Fsp3) is 0.102. The second kappa shape index (κ2) is 15.6. The van der Waals surface area contributed by atoms with Gasteiger partial charge in [-0.25, -0.2) is 15.0 Å². The van der Waals surface area contributed by atoms with E-state index in [2.05, 4.69) is 173 Å². The Hall–Kier alpha value is -7.69. The van der Waals surface area contributed by atoms with Crippen molar-refractivity contribution in [2.45, 2.75) is 40.0 Å². The molecule has 0 atom stereocenters. The summed E-state index contributed by atoms with van der Waals surface area (Å²) in [6, 6.07) is 51.6. The van der Waals surface area contributed by atoms with Crippen LogP contribution in [0.5, 0.6) is 0 Å². The average molecular weight is 812 g/mol. The van der Waals surface area contributed by atoms with Crippen molar-refractivity contribution in [3.63, 3.8) is 0 Å². The highest BCUT2D eigenvalue weighted by atomic mass is 16.3. The van der Waals surface area contributed by atoms with Crippen LogP contribution in [0.25, 0.3) is 112 Å². The number of rotatable bonds is 8. The van der Waals surface area contributed by atoms with Crippen molar-refractivity contribution in [1.29, 1.82) is 0 Å². The van der Waals surface area contributed by atoms with Crippen LogP contribution in [0.2, 0.25) is 0 Å². The van der Waals surface area contributed by atoms with Gasteiger partial charge in [0.15, 0.2) is 0 Å². The maximum Gasteiger partial charge on any atom is 0.139 e. The van der Waals surface area contributed by atoms with Gasteiger partial charge in [0.25, 0.3) is 0 Å². The molecule has 63 heavy (non-hydrogen) atoms. The van der Waals surface area contributed by atoms with Crippen molar-refractivity contribution < 1.29 is 4.42 Å². The second-order valence-corrected chi connectivity index (χ2v) is 16.5. The Kier molecular flexibility index (Phi) is 9.50. The van der Waals surface area contributed by atoms with Crippen LogP contribution < -0.4 is 0 Å². The van der Waals surface area contributed by atoms with Crippen molar-refractivity contribution in [1.82, 2.24) is 15.0 Å². The van der Waals surface area contributed by atoms with Crippen LogP contribution >= 0.6 is 0 Å². The third-order valence-electron chi connectivity index (χ3n) is 12.8. The summed E-state index contributed by atoms with van der Waals surface area (Å²) in [5.74, 6) is 1.98. The molecule has 302 valence electrons. The smallest absolute Gasteiger partial charge is 0.139 e. The highest BCUT2D eigenvalue weighted by Gasteiger charge is 2.29. The monoisotopic (exact) mass is 811 g/mol. The zero-order valence-electron chi connectivity index (χ0n) is 35.7. The molecule has 4 nitrogen and oxygen atoms in total. The molecule has 0 saturated carbocycles. The third-order valence-corrected chi connectivity index (χ3v) is 12.8. The number of allylic oxidation sites excluding steroid dienone is 2. The van der Waals surface area contributed by atoms with E-state index in [4.69, 9.17) is 19.4 Å². The molecule has 0 fully saturated rings. The van der Waals surface area contributed by atoms with Crippen LogP contribution in [0, 0.1) is 0 Å². The van der Waals surface area contributed by atoms with Crippen LogP contribution in [0.4, 0.5) is 0 Å². The van der Waals surface area contributed by atoms with Crippen molar-refractivity contribution in [3.8, 4) is 45.0 Å². The lowest BCUT2D eigenvalue weighted by molar-refractivity contribution is 0.563. The fourth-order valence-electron chi connectivity index (χ4n) is 9.72. The van der Waals surface area contributed by atoms with E-state index in [0.29, 0.717) is 0 Å². The maximum atomic E-state index is 6.71. The third kappa shape index (κ3) is 6.58. The molecule has 0 unspecified atom stereocenters. The highest BCUT2D eigenvalue weighted by molar-refractivity contribution is 6.05. The average Bonchev–Trinajstić information content (AvgIpc) is 3.70. The molecule has 0 radical (unpaired) electrons. The molecule has 11 rings (SSSR count). The molecule has 1 aliphatic carbocycles. The lowest BCUT2D eigenvalue weighted by atomic mass is 9.83. The zero-order chi connectivity index (χ0) is 42.6. The first kappa shape index (κ1) is 38.2. The van der Waals surface area contributed by atoms with Crippen LogP contribution in [-0.2, 0) is 19.3 Å². The van der Waals surface area contributed by atoms with Crippen LogP contribution in [-0.4, -0.2) is 15.0 Å². The predicted octanol–water partition coefficient (Wildman–Crippen LogP) is 15.6. The molecule has 0 N–H and O–H groups in total. The Morgan fingerprint density at radius 1 is 0.651 bits per heavy atom. The summed E-state index contributed by atoms with van der Waals surface area (Å²) in [7, 11) is 0. The normalized spacial score (nSPS) is 12.7. The molecule has 1 aliphatic rings. The Morgan fingerprint density at radius 2 is 1.37 bits per heavy atom. The predicted molar refractivity (Wildman–Crippen MR) is 265 cm³/mol. The van der Waals surface area contributed by atoms with E-state index in [0.717, 1.165) is 130 Å². The van der Waals surface area contributed by atoms with Gasteiger partial charge in [-0.3, -0.25) is 0 Å². The van der Waals surface area contributed by atoms with Gasteiger partial charge in [0.2, 0.25) is 0 Å². The maximum absolute atomic E-state index is 6.71. The van der Waals surface area contributed by atoms with E-state index in [9.17, 15) is 0 Å². The van der Waals surface area contributed by atoms with Gasteiger partial charge in [-0.15, -0.1) is 0 Å². The number of para-hydroxylation sites is 1. The van der Waals surface area contributed by atoms with Gasteiger partial charge in [-0.05, 0) is 120 Å². The molecule has 4 heterocycles. The molecule has 10 aromatic rings. The number of hydrogen-bond acceptors (Lipinski definition) is 4. The Balaban J connectivity index is 0.949. The van der Waals surface area contributed by atoms with E-state index < -0.39 is 0 Å². The fourth-order valence-corrected chi connectivity index (χ4v) is 9.72. The topological polar surface area (TPSA) is 51.8 Å². The van der Waals surface area contributed by atoms with Gasteiger partial charge >= 0.3 is 0 Å². The zero-order valence-corrected chi connectivity index (χ0v) is 35.7. The van der Waals surface area contributed by atoms with Gasteiger partial charge in [0.05, 0.1) is 33.6 Å². The minimum Gasteiger partial charge on any atom is -0.456 e. The molecule has 0 amide bonds. The summed E-state index contributed by atoms with van der Waals surface area (Å²) in [6.07, 6.45) is 11.2. The van der Waals surface area contributed by atoms with E-state index in [-0.39, 0.29) is 0 Å². The van der Waals surface area contributed by atoms with Crippen molar-refractivity contribution in [3.05, 3.63) is 198 Å². The highest BCUT2D eigenvalue weighted by Crippen LogP contribution is 2.46. The number of hydrogen-bond donors (Lipinski definition) is 0. The van der Waals surface area contributed by atoms with E-state index in [1.165, 1.54) is 22.3 Å². The summed E-state index contributed by atoms with van der Waals surface area (Å²) < 4.78 is 6.71. The number of pyridine rings is 3. The number of fused-ring (bicyclic) bond motifs is 9. The lowest BCUT2D eigenvalue weighted by Crippen LogP contribution is -2.08. The summed E-state index contributed by atoms with van der Waals surface area (Å²) in [5.41, 5.74) is 18.6. The molecular weight excluding hydrogens is 767 g/mol. The quantitative estimate of drug-likeness (QED) is 0.143. The van der Waals surface area contributed by atoms with Crippen molar-refractivity contribution in [2.24, 2.45) is 0 Å². The number of aromatic nitrogens is 3. The van der Waals surface area contributed by atoms with Gasteiger partial charge in [0.1, 0.15) is 11.5 Å². The SMILES string of the molecule is C=Cc1c(/C=C(\C)c2ccc3ccc4ccc(-c5ccccc5)nc4c3n2)ccc2cc(-c3cccc(-c4nc5ccccc5c5c4CCc4c-5oc(/C=C\C)c4CC)c3)ccc12. The second-order valence-electron chi connectivity index (χ2n) is 16.5. The summed E-state index contributed by atoms with van der Waals surface area (Å²) in [6.45, 7) is 10.7. The Morgan fingerprint density at radius 3 is 2.19 bits per heavy atom. The van der Waals surface area contributed by atoms with Crippen molar-refractivity contribution >= 4 is 67.3 Å². The largest absolute Gasteiger partial charge is 0.456 e. The first-order chi connectivity index (χ1) is 31.0. The molecule has 0 spiro atoms. The summed E-state index contributed by atoms with van der Waals surface area (Å²) >= 11 is 0. The van der Waals surface area contributed by atoms with Gasteiger partial charge in [-0.2, -0.15) is 0 Å². The number of benzene rings is 6. The van der Waals surface area contributed by atoms with E-state index in [1.807, 2.05) is 24.3 Å². The molecule has 0 bridgehead atoms. The first-order valence-corrected chi connectivity index (χ1v) is 21.9. The van der Waals surface area contributed by atoms with Gasteiger partial charge in [0, 0.05) is 44.0 Å². The van der Waals surface area contributed by atoms with Crippen molar-refractivity contribution in [2.75, 3.05) is 0 Å². The molecule has 0 aliphatic heterocycles. The van der Waals surface area contributed by atoms with Crippen LogP contribution in [0.1, 0.15) is 60.0 Å². The molecule has 4 aromatic heterocycles. The van der Waals surface area contributed by atoms with E-state index in [1.54, 1.807) is 0 Å². The Bertz CT molecular complexity index is 3530. The first-order valence-electron chi connectivity index (χ1n) is 21.9. The van der Waals surface area contributed by atoms with Crippen LogP contribution in [0.15, 0.2) is 163 Å². The standard InChI is InChI=1S/C59H45N3O/c1-5-14-54-46(7-3)48-29-30-50-55(59(48)63-54)49-19-11-12-20-53(49)62-56(50)44-18-13-17-40(35-44)41-25-28-47-43(34-41)24-23-42(45(47)6-2)33-36(4)51-31-26-38-21-22-39-27-32-52(37-15-9-8-10-16-37)61-58(39)57(38)60-51/h5-6,8-28,31-35H,2,7,29-30H2,1,3-4H3/b14-5-,36-33+. The molecular formula is C59H45N3O. The summed E-state index contributed by atoms with van der Waals surface area (Å²) in [4.78, 5) is 15.7. The Labute approximate surface area is 367 Å². The number of furan rings is 1. The molecule has 0 saturated heterocycles. The van der Waals surface area contributed by atoms with Crippen LogP contribution in [0.3, 0.4) is 0 Å². The minimum atomic E-state index is 0.904. The summed E-state index contributed by atoms with van der Waals surface area (Å²) in [5, 5.41) is 5.61. The van der Waals surface area contributed by atoms with Gasteiger partial charge < -0.3 is 4.42 Å². The van der Waals surface area contributed by atoms with Gasteiger partial charge in [-0.1, -0.05) is 141 Å². The number of nitrogens with zero attached hydrogens (tertiary/aromatic N) is 3. The molecule has 4 heteroatoms. The lowest BCUT2D eigenvalue weighted by Gasteiger charge is -2.21. The van der Waals surface area contributed by atoms with E-state index >= 15 is 0 Å².